The number of hydrogen-bond donors (Lipinski definition) is 1. The van der Waals surface area contributed by atoms with Gasteiger partial charge in [-0.15, -0.1) is 10.2 Å². The molecule has 7 heteroatoms. The van der Waals surface area contributed by atoms with Crippen molar-refractivity contribution in [2.45, 2.75) is 25.9 Å². The summed E-state index contributed by atoms with van der Waals surface area (Å²) in [7, 11) is 0. The molecule has 1 aromatic heterocycles. The molecule has 0 aliphatic carbocycles. The second kappa shape index (κ2) is 7.13. The van der Waals surface area contributed by atoms with E-state index in [2.05, 4.69) is 20.0 Å². The van der Waals surface area contributed by atoms with Gasteiger partial charge in [0.15, 0.2) is 0 Å². The first kappa shape index (κ1) is 17.3. The molecule has 2 aromatic rings. The molecule has 5 nitrogen and oxygen atoms in total. The van der Waals surface area contributed by atoms with Crippen LogP contribution < -0.4 is 4.90 Å². The molecule has 3 rings (SSSR count). The van der Waals surface area contributed by atoms with Crippen LogP contribution in [0.5, 0.6) is 0 Å². The number of hydrogen-bond acceptors (Lipinski definition) is 6. The maximum atomic E-state index is 13.0. The fraction of sp³-hybridized carbons (Fsp3) is 0.529. The van der Waals surface area contributed by atoms with Gasteiger partial charge in [0.25, 0.3) is 0 Å². The van der Waals surface area contributed by atoms with Gasteiger partial charge in [0.05, 0.1) is 5.60 Å². The number of β-amino-alcohol motifs (C(OH)–C–C–N with tert-alkyl or cyclic N) is 1. The largest absolute Gasteiger partial charge is 0.389 e. The second-order valence-corrected chi connectivity index (χ2v) is 7.90. The van der Waals surface area contributed by atoms with E-state index in [0.29, 0.717) is 13.0 Å². The van der Waals surface area contributed by atoms with Crippen LogP contribution in [0, 0.1) is 5.82 Å². The van der Waals surface area contributed by atoms with Crippen molar-refractivity contribution in [1.82, 2.24) is 15.1 Å². The van der Waals surface area contributed by atoms with Gasteiger partial charge in [0, 0.05) is 39.1 Å². The third-order valence-corrected chi connectivity index (χ3v) is 4.96. The molecule has 24 heavy (non-hydrogen) atoms. The molecule has 0 spiro atoms. The lowest BCUT2D eigenvalue weighted by Gasteiger charge is -2.36. The van der Waals surface area contributed by atoms with Gasteiger partial charge in [0.1, 0.15) is 10.8 Å². The first-order valence-electron chi connectivity index (χ1n) is 8.15. The molecule has 1 aliphatic rings. The Hall–Kier alpha value is -1.57. The minimum absolute atomic E-state index is 0.222. The van der Waals surface area contributed by atoms with Gasteiger partial charge in [-0.1, -0.05) is 23.5 Å². The zero-order valence-corrected chi connectivity index (χ0v) is 14.9. The SMILES string of the molecule is CC(C)(O)CN1CCN(c2nnc(Cc3ccc(F)cc3)s2)CC1. The quantitative estimate of drug-likeness (QED) is 0.896. The molecule has 0 atom stereocenters. The normalized spacial score (nSPS) is 16.6. The third-order valence-electron chi connectivity index (χ3n) is 3.98. The summed E-state index contributed by atoms with van der Waals surface area (Å²) >= 11 is 1.59. The topological polar surface area (TPSA) is 52.5 Å². The van der Waals surface area contributed by atoms with E-state index in [1.54, 1.807) is 23.5 Å². The molecule has 130 valence electrons. The number of aliphatic hydroxyl groups is 1. The zero-order valence-electron chi connectivity index (χ0n) is 14.1. The van der Waals surface area contributed by atoms with Crippen LogP contribution in [0.25, 0.3) is 0 Å². The number of rotatable bonds is 5. The van der Waals surface area contributed by atoms with Crippen molar-refractivity contribution < 1.29 is 9.50 Å². The number of benzene rings is 1. The van der Waals surface area contributed by atoms with Gasteiger partial charge in [-0.2, -0.15) is 0 Å². The lowest BCUT2D eigenvalue weighted by molar-refractivity contribution is 0.0345. The lowest BCUT2D eigenvalue weighted by Crippen LogP contribution is -2.50. The average molecular weight is 350 g/mol. The highest BCUT2D eigenvalue weighted by atomic mass is 32.1. The van der Waals surface area contributed by atoms with Crippen molar-refractivity contribution in [1.29, 1.82) is 0 Å². The molecule has 0 bridgehead atoms. The minimum Gasteiger partial charge on any atom is -0.389 e. The van der Waals surface area contributed by atoms with Gasteiger partial charge < -0.3 is 10.0 Å². The molecule has 1 aromatic carbocycles. The van der Waals surface area contributed by atoms with Gasteiger partial charge >= 0.3 is 0 Å². The molecule has 0 radical (unpaired) electrons. The zero-order chi connectivity index (χ0) is 17.2. The first-order chi connectivity index (χ1) is 11.4. The van der Waals surface area contributed by atoms with Crippen molar-refractivity contribution in [2.75, 3.05) is 37.6 Å². The maximum Gasteiger partial charge on any atom is 0.208 e. The molecule has 0 amide bonds. The van der Waals surface area contributed by atoms with Gasteiger partial charge in [-0.3, -0.25) is 4.90 Å². The fourth-order valence-corrected chi connectivity index (χ4v) is 3.79. The van der Waals surface area contributed by atoms with Crippen LogP contribution in [-0.4, -0.2) is 58.5 Å². The van der Waals surface area contributed by atoms with Crippen LogP contribution in [0.15, 0.2) is 24.3 Å². The summed E-state index contributed by atoms with van der Waals surface area (Å²) in [6, 6.07) is 6.51. The van der Waals surface area contributed by atoms with Crippen molar-refractivity contribution in [3.63, 3.8) is 0 Å². The van der Waals surface area contributed by atoms with E-state index in [-0.39, 0.29) is 5.82 Å². The van der Waals surface area contributed by atoms with E-state index in [4.69, 9.17) is 0 Å². The number of halogens is 1. The number of aromatic nitrogens is 2. The number of piperazine rings is 1. The molecule has 0 saturated carbocycles. The Morgan fingerprint density at radius 2 is 1.79 bits per heavy atom. The lowest BCUT2D eigenvalue weighted by atomic mass is 10.1. The fourth-order valence-electron chi connectivity index (χ4n) is 2.87. The molecule has 1 aliphatic heterocycles. The van der Waals surface area contributed by atoms with Crippen molar-refractivity contribution in [3.8, 4) is 0 Å². The van der Waals surface area contributed by atoms with Crippen LogP contribution in [-0.2, 0) is 6.42 Å². The van der Waals surface area contributed by atoms with E-state index in [1.165, 1.54) is 12.1 Å². The smallest absolute Gasteiger partial charge is 0.208 e. The van der Waals surface area contributed by atoms with E-state index < -0.39 is 5.60 Å². The van der Waals surface area contributed by atoms with Crippen LogP contribution in [0.2, 0.25) is 0 Å². The highest BCUT2D eigenvalue weighted by Crippen LogP contribution is 2.24. The van der Waals surface area contributed by atoms with E-state index in [0.717, 1.165) is 41.9 Å². The highest BCUT2D eigenvalue weighted by molar-refractivity contribution is 7.15. The maximum absolute atomic E-state index is 13.0. The Morgan fingerprint density at radius 1 is 1.12 bits per heavy atom. The average Bonchev–Trinajstić information content (AvgIpc) is 2.97. The minimum atomic E-state index is -0.659. The number of anilines is 1. The Labute approximate surface area is 145 Å². The van der Waals surface area contributed by atoms with Gasteiger partial charge in [0.2, 0.25) is 5.13 Å². The molecule has 0 unspecified atom stereocenters. The summed E-state index contributed by atoms with van der Waals surface area (Å²) in [6.45, 7) is 7.97. The van der Waals surface area contributed by atoms with Crippen LogP contribution in [0.3, 0.4) is 0 Å². The monoisotopic (exact) mass is 350 g/mol. The van der Waals surface area contributed by atoms with E-state index >= 15 is 0 Å². The summed E-state index contributed by atoms with van der Waals surface area (Å²) in [5.41, 5.74) is 0.377. The standard InChI is InChI=1S/C17H23FN4OS/c1-17(2,23)12-21-7-9-22(10-8-21)16-20-19-15(24-16)11-13-3-5-14(18)6-4-13/h3-6,23H,7-12H2,1-2H3. The van der Waals surface area contributed by atoms with Crippen LogP contribution in [0.4, 0.5) is 9.52 Å². The Morgan fingerprint density at radius 3 is 2.42 bits per heavy atom. The Bertz CT molecular complexity index is 660. The molecule has 1 fully saturated rings. The summed E-state index contributed by atoms with van der Waals surface area (Å²) in [6.07, 6.45) is 0.677. The highest BCUT2D eigenvalue weighted by Gasteiger charge is 2.24. The molecular formula is C17H23FN4OS. The van der Waals surface area contributed by atoms with Crippen LogP contribution >= 0.6 is 11.3 Å². The van der Waals surface area contributed by atoms with E-state index in [1.807, 2.05) is 13.8 Å². The van der Waals surface area contributed by atoms with Crippen molar-refractivity contribution in [2.24, 2.45) is 0 Å². The number of nitrogens with zero attached hydrogens (tertiary/aromatic N) is 4. The Balaban J connectivity index is 1.55. The predicted molar refractivity (Wildman–Crippen MR) is 94.1 cm³/mol. The van der Waals surface area contributed by atoms with Crippen LogP contribution in [0.1, 0.15) is 24.4 Å². The third kappa shape index (κ3) is 4.72. The summed E-state index contributed by atoms with van der Waals surface area (Å²) < 4.78 is 13.0. The molecule has 1 N–H and O–H groups in total. The van der Waals surface area contributed by atoms with E-state index in [9.17, 15) is 9.50 Å². The summed E-state index contributed by atoms with van der Waals surface area (Å²) in [4.78, 5) is 4.52. The van der Waals surface area contributed by atoms with Gasteiger partial charge in [-0.25, -0.2) is 4.39 Å². The summed E-state index contributed by atoms with van der Waals surface area (Å²) in [5.74, 6) is -0.222. The van der Waals surface area contributed by atoms with Crippen molar-refractivity contribution >= 4 is 16.5 Å². The second-order valence-electron chi connectivity index (χ2n) is 6.86. The predicted octanol–water partition coefficient (Wildman–Crippen LogP) is 2.16. The first-order valence-corrected chi connectivity index (χ1v) is 8.97. The van der Waals surface area contributed by atoms with Crippen molar-refractivity contribution in [3.05, 3.63) is 40.7 Å². The summed E-state index contributed by atoms with van der Waals surface area (Å²) in [5, 5.41) is 20.4. The molecule has 2 heterocycles. The molecule has 1 saturated heterocycles. The molecular weight excluding hydrogens is 327 g/mol. The van der Waals surface area contributed by atoms with Gasteiger partial charge in [-0.05, 0) is 31.5 Å². The Kier molecular flexibility index (Phi) is 5.12.